The summed E-state index contributed by atoms with van der Waals surface area (Å²) >= 11 is 0. The first-order valence-corrected chi connectivity index (χ1v) is 6.68. The van der Waals surface area contributed by atoms with E-state index in [1.165, 1.54) is 0 Å². The largest absolute Gasteiger partial charge is 0.450 e. The third kappa shape index (κ3) is 5.19. The van der Waals surface area contributed by atoms with Gasteiger partial charge in [-0.1, -0.05) is 19.9 Å². The number of urea groups is 1. The maximum absolute atomic E-state index is 11.8. The smallest absolute Gasteiger partial charge is 0.409 e. The van der Waals surface area contributed by atoms with Gasteiger partial charge in [0.05, 0.1) is 6.61 Å². The number of amides is 3. The molecule has 0 aliphatic carbocycles. The Bertz CT molecular complexity index is 334. The summed E-state index contributed by atoms with van der Waals surface area (Å²) in [7, 11) is 0. The molecule has 6 heteroatoms. The molecule has 6 nitrogen and oxygen atoms in total. The van der Waals surface area contributed by atoms with Crippen LogP contribution in [0, 0.1) is 5.92 Å². The average Bonchev–Trinajstić information content (AvgIpc) is 2.38. The quantitative estimate of drug-likeness (QED) is 0.847. The van der Waals surface area contributed by atoms with E-state index in [0.29, 0.717) is 38.7 Å². The van der Waals surface area contributed by atoms with Crippen LogP contribution in [0.25, 0.3) is 0 Å². The van der Waals surface area contributed by atoms with Crippen molar-refractivity contribution < 1.29 is 14.3 Å². The molecule has 0 saturated carbocycles. The zero-order valence-corrected chi connectivity index (χ0v) is 11.9. The van der Waals surface area contributed by atoms with Crippen LogP contribution in [0.2, 0.25) is 0 Å². The third-order valence-corrected chi connectivity index (χ3v) is 2.78. The van der Waals surface area contributed by atoms with Gasteiger partial charge >= 0.3 is 12.1 Å². The topological polar surface area (TPSA) is 61.9 Å². The second-order valence-corrected chi connectivity index (χ2v) is 4.73. The second-order valence-electron chi connectivity index (χ2n) is 4.73. The van der Waals surface area contributed by atoms with Crippen molar-refractivity contribution in [3.8, 4) is 0 Å². The number of ether oxygens (including phenoxy) is 1. The second kappa shape index (κ2) is 7.66. The zero-order chi connectivity index (χ0) is 14.3. The standard InChI is InChI=1S/C13H23N3O3/c1-4-19-13(18)16-9-7-15(8-10-16)12(17)14-6-5-11(2)3/h5-6,11H,4,7-10H2,1-3H3,(H,14,17)/b6-5+. The van der Waals surface area contributed by atoms with E-state index in [2.05, 4.69) is 5.32 Å². The van der Waals surface area contributed by atoms with Gasteiger partial charge in [0.25, 0.3) is 0 Å². The Hall–Kier alpha value is -1.72. The van der Waals surface area contributed by atoms with Crippen molar-refractivity contribution >= 4 is 12.1 Å². The molecule has 0 aromatic carbocycles. The van der Waals surface area contributed by atoms with Crippen molar-refractivity contribution in [2.75, 3.05) is 32.8 Å². The van der Waals surface area contributed by atoms with Gasteiger partial charge in [-0.15, -0.1) is 0 Å². The summed E-state index contributed by atoms with van der Waals surface area (Å²) < 4.78 is 4.93. The first-order valence-electron chi connectivity index (χ1n) is 6.68. The molecule has 0 atom stereocenters. The van der Waals surface area contributed by atoms with E-state index in [1.807, 2.05) is 19.9 Å². The Kier molecular flexibility index (Phi) is 6.18. The molecule has 1 saturated heterocycles. The summed E-state index contributed by atoms with van der Waals surface area (Å²) in [4.78, 5) is 26.6. The summed E-state index contributed by atoms with van der Waals surface area (Å²) in [6.45, 7) is 8.32. The van der Waals surface area contributed by atoms with Gasteiger partial charge in [-0.25, -0.2) is 9.59 Å². The Morgan fingerprint density at radius 2 is 1.79 bits per heavy atom. The fraction of sp³-hybridized carbons (Fsp3) is 0.692. The number of hydrogen-bond acceptors (Lipinski definition) is 3. The Balaban J connectivity index is 2.33. The van der Waals surface area contributed by atoms with Crippen LogP contribution in [0.4, 0.5) is 9.59 Å². The Labute approximate surface area is 114 Å². The van der Waals surface area contributed by atoms with Crippen LogP contribution >= 0.6 is 0 Å². The number of hydrogen-bond donors (Lipinski definition) is 1. The monoisotopic (exact) mass is 269 g/mol. The lowest BCUT2D eigenvalue weighted by Crippen LogP contribution is -2.52. The molecule has 0 spiro atoms. The van der Waals surface area contributed by atoms with Gasteiger partial charge in [-0.3, -0.25) is 0 Å². The highest BCUT2D eigenvalue weighted by Gasteiger charge is 2.24. The van der Waals surface area contributed by atoms with Crippen molar-refractivity contribution in [2.45, 2.75) is 20.8 Å². The van der Waals surface area contributed by atoms with E-state index in [4.69, 9.17) is 4.74 Å². The predicted octanol–water partition coefficient (Wildman–Crippen LogP) is 1.64. The van der Waals surface area contributed by atoms with Crippen molar-refractivity contribution in [1.29, 1.82) is 0 Å². The van der Waals surface area contributed by atoms with E-state index in [9.17, 15) is 9.59 Å². The normalized spacial score (nSPS) is 16.0. The first kappa shape index (κ1) is 15.3. The number of allylic oxidation sites excluding steroid dienone is 1. The van der Waals surface area contributed by atoms with E-state index >= 15 is 0 Å². The lowest BCUT2D eigenvalue weighted by molar-refractivity contribution is 0.0856. The molecule has 1 N–H and O–H groups in total. The molecule has 3 amide bonds. The number of piperazine rings is 1. The maximum Gasteiger partial charge on any atom is 0.409 e. The van der Waals surface area contributed by atoms with Crippen LogP contribution in [0.15, 0.2) is 12.3 Å². The fourth-order valence-corrected chi connectivity index (χ4v) is 1.71. The molecule has 0 bridgehead atoms. The molecule has 108 valence electrons. The summed E-state index contributed by atoms with van der Waals surface area (Å²) in [5, 5.41) is 2.72. The van der Waals surface area contributed by atoms with Crippen LogP contribution in [-0.4, -0.2) is 54.7 Å². The molecule has 0 aromatic rings. The molecule has 19 heavy (non-hydrogen) atoms. The molecule has 1 aliphatic heterocycles. The minimum atomic E-state index is -0.303. The molecule has 1 fully saturated rings. The van der Waals surface area contributed by atoms with E-state index < -0.39 is 0 Å². The van der Waals surface area contributed by atoms with Crippen LogP contribution in [-0.2, 0) is 4.74 Å². The van der Waals surface area contributed by atoms with E-state index in [-0.39, 0.29) is 12.1 Å². The molecule has 1 rings (SSSR count). The van der Waals surface area contributed by atoms with E-state index in [1.54, 1.807) is 22.9 Å². The highest BCUT2D eigenvalue weighted by molar-refractivity contribution is 5.75. The molecular formula is C13H23N3O3. The molecule has 1 aliphatic rings. The van der Waals surface area contributed by atoms with Crippen molar-refractivity contribution in [2.24, 2.45) is 5.92 Å². The van der Waals surface area contributed by atoms with Gasteiger partial charge in [-0.2, -0.15) is 0 Å². The number of carbonyl (C=O) groups is 2. The fourth-order valence-electron chi connectivity index (χ4n) is 1.71. The van der Waals surface area contributed by atoms with E-state index in [0.717, 1.165) is 0 Å². The molecular weight excluding hydrogens is 246 g/mol. The van der Waals surface area contributed by atoms with Crippen molar-refractivity contribution in [1.82, 2.24) is 15.1 Å². The van der Waals surface area contributed by atoms with Gasteiger partial charge in [-0.05, 0) is 12.8 Å². The van der Waals surface area contributed by atoms with Crippen molar-refractivity contribution in [3.05, 3.63) is 12.3 Å². The number of nitrogens with zero attached hydrogens (tertiary/aromatic N) is 2. The minimum absolute atomic E-state index is 0.125. The highest BCUT2D eigenvalue weighted by atomic mass is 16.6. The van der Waals surface area contributed by atoms with Crippen LogP contribution in [0.3, 0.4) is 0 Å². The van der Waals surface area contributed by atoms with Gasteiger partial charge in [0.1, 0.15) is 0 Å². The average molecular weight is 269 g/mol. The van der Waals surface area contributed by atoms with Crippen LogP contribution in [0.5, 0.6) is 0 Å². The minimum Gasteiger partial charge on any atom is -0.450 e. The number of carbonyl (C=O) groups excluding carboxylic acids is 2. The highest BCUT2D eigenvalue weighted by Crippen LogP contribution is 2.04. The van der Waals surface area contributed by atoms with Gasteiger partial charge in [0, 0.05) is 32.4 Å². The SMILES string of the molecule is CCOC(=O)N1CCN(C(=O)N/C=C/C(C)C)CC1. The molecule has 0 radical (unpaired) electrons. The molecule has 0 unspecified atom stereocenters. The van der Waals surface area contributed by atoms with Crippen LogP contribution in [0.1, 0.15) is 20.8 Å². The summed E-state index contributed by atoms with van der Waals surface area (Å²) in [6.07, 6.45) is 3.29. The van der Waals surface area contributed by atoms with Gasteiger partial charge in [0.15, 0.2) is 0 Å². The third-order valence-electron chi connectivity index (χ3n) is 2.78. The first-order chi connectivity index (χ1) is 9.04. The molecule has 1 heterocycles. The summed E-state index contributed by atoms with van der Waals surface area (Å²) in [5.41, 5.74) is 0. The van der Waals surface area contributed by atoms with Crippen LogP contribution < -0.4 is 5.32 Å². The predicted molar refractivity (Wildman–Crippen MR) is 72.7 cm³/mol. The zero-order valence-electron chi connectivity index (χ0n) is 11.9. The van der Waals surface area contributed by atoms with Crippen molar-refractivity contribution in [3.63, 3.8) is 0 Å². The Morgan fingerprint density at radius 1 is 1.21 bits per heavy atom. The summed E-state index contributed by atoms with van der Waals surface area (Å²) in [6, 6.07) is -0.125. The summed E-state index contributed by atoms with van der Waals surface area (Å²) in [5.74, 6) is 0.404. The Morgan fingerprint density at radius 3 is 2.32 bits per heavy atom. The number of nitrogens with one attached hydrogen (secondary N) is 1. The lowest BCUT2D eigenvalue weighted by atomic mass is 10.2. The van der Waals surface area contributed by atoms with Gasteiger partial charge < -0.3 is 19.9 Å². The number of rotatable bonds is 3. The lowest BCUT2D eigenvalue weighted by Gasteiger charge is -2.33. The molecule has 0 aromatic heterocycles. The van der Waals surface area contributed by atoms with Gasteiger partial charge in [0.2, 0.25) is 0 Å². The maximum atomic E-state index is 11.8.